The largest absolute Gasteiger partial charge is 0.496 e. The fourth-order valence-electron chi connectivity index (χ4n) is 4.55. The van der Waals surface area contributed by atoms with Crippen molar-refractivity contribution in [1.82, 2.24) is 4.90 Å². The van der Waals surface area contributed by atoms with Crippen LogP contribution in [0.15, 0.2) is 54.6 Å². The zero-order valence-electron chi connectivity index (χ0n) is 16.0. The molecule has 2 atom stereocenters. The van der Waals surface area contributed by atoms with Gasteiger partial charge in [0.25, 0.3) is 0 Å². The lowest BCUT2D eigenvalue weighted by molar-refractivity contribution is 0.0484. The van der Waals surface area contributed by atoms with Crippen LogP contribution in [0.1, 0.15) is 41.6 Å². The summed E-state index contributed by atoms with van der Waals surface area (Å²) in [6, 6.07) is 17.2. The lowest BCUT2D eigenvalue weighted by Gasteiger charge is -2.37. The molecule has 146 valence electrons. The molecular formula is C23H25NO4. The van der Waals surface area contributed by atoms with Gasteiger partial charge in [0.05, 0.1) is 12.7 Å². The van der Waals surface area contributed by atoms with Gasteiger partial charge in [0.15, 0.2) is 5.78 Å². The van der Waals surface area contributed by atoms with E-state index in [2.05, 4.69) is 0 Å². The Bertz CT molecular complexity index is 837. The molecule has 0 spiro atoms. The summed E-state index contributed by atoms with van der Waals surface area (Å²) in [5.41, 5.74) is 1.61. The van der Waals surface area contributed by atoms with E-state index >= 15 is 0 Å². The van der Waals surface area contributed by atoms with Crippen molar-refractivity contribution in [2.75, 3.05) is 7.11 Å². The molecule has 2 aliphatic rings. The van der Waals surface area contributed by atoms with E-state index in [1.807, 2.05) is 59.5 Å². The van der Waals surface area contributed by atoms with Crippen LogP contribution in [0, 0.1) is 5.92 Å². The zero-order valence-corrected chi connectivity index (χ0v) is 16.0. The van der Waals surface area contributed by atoms with E-state index in [-0.39, 0.29) is 36.5 Å². The van der Waals surface area contributed by atoms with Gasteiger partial charge < -0.3 is 14.4 Å². The predicted molar refractivity (Wildman–Crippen MR) is 105 cm³/mol. The van der Waals surface area contributed by atoms with Gasteiger partial charge in [0.1, 0.15) is 12.4 Å². The van der Waals surface area contributed by atoms with E-state index in [9.17, 15) is 9.59 Å². The molecule has 0 saturated carbocycles. The van der Waals surface area contributed by atoms with Crippen molar-refractivity contribution in [1.29, 1.82) is 0 Å². The molecular weight excluding hydrogens is 354 g/mol. The van der Waals surface area contributed by atoms with Crippen molar-refractivity contribution < 1.29 is 19.1 Å². The van der Waals surface area contributed by atoms with Gasteiger partial charge in [-0.2, -0.15) is 0 Å². The predicted octanol–water partition coefficient (Wildman–Crippen LogP) is 4.46. The van der Waals surface area contributed by atoms with E-state index in [0.717, 1.165) is 18.4 Å². The fraction of sp³-hybridized carbons (Fsp3) is 0.391. The van der Waals surface area contributed by atoms with Crippen molar-refractivity contribution in [2.24, 2.45) is 5.92 Å². The van der Waals surface area contributed by atoms with Crippen molar-refractivity contribution in [2.45, 2.75) is 44.4 Å². The molecule has 0 aliphatic carbocycles. The minimum absolute atomic E-state index is 0.0747. The molecule has 5 heteroatoms. The van der Waals surface area contributed by atoms with E-state index in [4.69, 9.17) is 9.47 Å². The summed E-state index contributed by atoms with van der Waals surface area (Å²) in [4.78, 5) is 27.6. The van der Waals surface area contributed by atoms with Crippen LogP contribution in [-0.4, -0.2) is 36.0 Å². The third kappa shape index (κ3) is 3.61. The molecule has 28 heavy (non-hydrogen) atoms. The average molecular weight is 379 g/mol. The number of rotatable bonds is 5. The first-order valence-electron chi connectivity index (χ1n) is 9.83. The molecule has 0 radical (unpaired) electrons. The summed E-state index contributed by atoms with van der Waals surface area (Å²) in [5, 5.41) is 0. The van der Waals surface area contributed by atoms with Gasteiger partial charge in [0.2, 0.25) is 0 Å². The molecule has 0 aromatic heterocycles. The highest BCUT2D eigenvalue weighted by Gasteiger charge is 2.46. The first-order chi connectivity index (χ1) is 13.7. The van der Waals surface area contributed by atoms with Gasteiger partial charge in [-0.1, -0.05) is 42.5 Å². The average Bonchev–Trinajstić information content (AvgIpc) is 3.01. The molecule has 2 aliphatic heterocycles. The van der Waals surface area contributed by atoms with Gasteiger partial charge in [-0.05, 0) is 43.4 Å². The van der Waals surface area contributed by atoms with E-state index in [1.54, 1.807) is 7.11 Å². The Labute approximate surface area is 165 Å². The van der Waals surface area contributed by atoms with Crippen LogP contribution in [0.4, 0.5) is 4.79 Å². The molecule has 4 rings (SSSR count). The number of benzene rings is 2. The number of para-hydroxylation sites is 1. The van der Waals surface area contributed by atoms with Gasteiger partial charge in [-0.3, -0.25) is 4.79 Å². The quantitative estimate of drug-likeness (QED) is 0.720. The van der Waals surface area contributed by atoms with Crippen LogP contribution in [0.2, 0.25) is 0 Å². The summed E-state index contributed by atoms with van der Waals surface area (Å²) in [6.45, 7) is 0.277. The monoisotopic (exact) mass is 379 g/mol. The first kappa shape index (κ1) is 18.5. The molecule has 2 unspecified atom stereocenters. The second kappa shape index (κ2) is 8.05. The fourth-order valence-corrected chi connectivity index (χ4v) is 4.55. The molecule has 2 heterocycles. The smallest absolute Gasteiger partial charge is 0.410 e. The summed E-state index contributed by atoms with van der Waals surface area (Å²) < 4.78 is 10.9. The van der Waals surface area contributed by atoms with Crippen LogP contribution in [0.25, 0.3) is 0 Å². The molecule has 2 aromatic carbocycles. The van der Waals surface area contributed by atoms with Crippen molar-refractivity contribution >= 4 is 11.9 Å². The number of carbonyl (C=O) groups is 2. The first-order valence-corrected chi connectivity index (χ1v) is 9.83. The van der Waals surface area contributed by atoms with Crippen LogP contribution < -0.4 is 4.74 Å². The minimum Gasteiger partial charge on any atom is -0.496 e. The molecule has 5 nitrogen and oxygen atoms in total. The van der Waals surface area contributed by atoms with Crippen molar-refractivity contribution in [3.8, 4) is 5.75 Å². The normalized spacial score (nSPS) is 23.3. The lowest BCUT2D eigenvalue weighted by Crippen LogP contribution is -2.48. The maximum Gasteiger partial charge on any atom is 0.410 e. The molecule has 0 N–H and O–H groups in total. The van der Waals surface area contributed by atoms with Crippen LogP contribution in [0.5, 0.6) is 5.75 Å². The zero-order chi connectivity index (χ0) is 19.5. The van der Waals surface area contributed by atoms with E-state index in [1.165, 1.54) is 0 Å². The molecule has 1 amide bonds. The molecule has 2 saturated heterocycles. The minimum atomic E-state index is -0.264. The molecule has 2 bridgehead atoms. The highest BCUT2D eigenvalue weighted by atomic mass is 16.6. The van der Waals surface area contributed by atoms with Crippen molar-refractivity contribution in [3.63, 3.8) is 0 Å². The number of fused-ring (bicyclic) bond motifs is 2. The SMILES string of the molecule is COc1ccccc1C(=O)C1CC2CCC(C1)N2C(=O)OCc1ccccc1. The van der Waals surface area contributed by atoms with E-state index < -0.39 is 0 Å². The summed E-state index contributed by atoms with van der Waals surface area (Å²) >= 11 is 0. The van der Waals surface area contributed by atoms with Gasteiger partial charge in [-0.15, -0.1) is 0 Å². The number of amides is 1. The second-order valence-electron chi connectivity index (χ2n) is 7.57. The summed E-state index contributed by atoms with van der Waals surface area (Å²) in [5.74, 6) is 0.656. The third-order valence-corrected chi connectivity index (χ3v) is 5.89. The van der Waals surface area contributed by atoms with Crippen LogP contribution >= 0.6 is 0 Å². The maximum absolute atomic E-state index is 13.1. The Balaban J connectivity index is 1.41. The van der Waals surface area contributed by atoms with Gasteiger partial charge >= 0.3 is 6.09 Å². The number of piperidine rings is 1. The molecule has 2 aromatic rings. The van der Waals surface area contributed by atoms with Crippen LogP contribution in [0.3, 0.4) is 0 Å². The Morgan fingerprint density at radius 2 is 1.61 bits per heavy atom. The number of ketones is 1. The number of Topliss-reactive ketones (excluding diaryl/α,β-unsaturated/α-hetero) is 1. The Kier molecular flexibility index (Phi) is 5.33. The summed E-state index contributed by atoms with van der Waals surface area (Å²) in [7, 11) is 1.58. The molecule has 2 fully saturated rings. The Morgan fingerprint density at radius 3 is 2.29 bits per heavy atom. The number of methoxy groups -OCH3 is 1. The number of hydrogen-bond acceptors (Lipinski definition) is 4. The Hall–Kier alpha value is -2.82. The van der Waals surface area contributed by atoms with Crippen LogP contribution in [-0.2, 0) is 11.3 Å². The topological polar surface area (TPSA) is 55.8 Å². The van der Waals surface area contributed by atoms with Gasteiger partial charge in [-0.25, -0.2) is 4.79 Å². The highest BCUT2D eigenvalue weighted by molar-refractivity contribution is 6.00. The number of hydrogen-bond donors (Lipinski definition) is 0. The standard InChI is InChI=1S/C23H25NO4/c1-27-21-10-6-5-9-20(21)22(25)17-13-18-11-12-19(14-17)24(18)23(26)28-15-16-7-3-2-4-8-16/h2-10,17-19H,11-15H2,1H3. The van der Waals surface area contributed by atoms with Gasteiger partial charge in [0, 0.05) is 18.0 Å². The van der Waals surface area contributed by atoms with E-state index in [0.29, 0.717) is 24.2 Å². The number of ether oxygens (including phenoxy) is 2. The highest BCUT2D eigenvalue weighted by Crippen LogP contribution is 2.41. The van der Waals surface area contributed by atoms with Crippen molar-refractivity contribution in [3.05, 3.63) is 65.7 Å². The Morgan fingerprint density at radius 1 is 0.964 bits per heavy atom. The number of carbonyl (C=O) groups excluding carboxylic acids is 2. The lowest BCUT2D eigenvalue weighted by atomic mass is 9.84. The second-order valence-corrected chi connectivity index (χ2v) is 7.57. The maximum atomic E-state index is 13.1. The third-order valence-electron chi connectivity index (χ3n) is 5.89. The number of nitrogens with zero attached hydrogens (tertiary/aromatic N) is 1. The summed E-state index contributed by atoms with van der Waals surface area (Å²) in [6.07, 6.45) is 2.98.